The van der Waals surface area contributed by atoms with Crippen LogP contribution in [0.4, 0.5) is 11.4 Å². The molecule has 1 aliphatic rings. The van der Waals surface area contributed by atoms with Crippen molar-refractivity contribution >= 4 is 11.4 Å². The van der Waals surface area contributed by atoms with Gasteiger partial charge in [-0.1, -0.05) is 6.92 Å². The minimum atomic E-state index is -0.508. The van der Waals surface area contributed by atoms with Gasteiger partial charge in [-0.2, -0.15) is 5.26 Å². The lowest BCUT2D eigenvalue weighted by molar-refractivity contribution is -0.385. The predicted octanol–water partition coefficient (Wildman–Crippen LogP) is 2.03. The molecule has 1 aromatic rings. The van der Waals surface area contributed by atoms with Crippen molar-refractivity contribution in [3.05, 3.63) is 33.9 Å². The Labute approximate surface area is 117 Å². The molecule has 0 radical (unpaired) electrons. The van der Waals surface area contributed by atoms with Crippen molar-refractivity contribution in [1.29, 1.82) is 5.26 Å². The van der Waals surface area contributed by atoms with Gasteiger partial charge in [-0.15, -0.1) is 0 Å². The Morgan fingerprint density at radius 3 is 2.95 bits per heavy atom. The quantitative estimate of drug-likeness (QED) is 0.672. The Hall–Kier alpha value is -2.13. The zero-order chi connectivity index (χ0) is 14.7. The molecule has 1 heterocycles. The molecular formula is C14H18N4O2. The van der Waals surface area contributed by atoms with Crippen molar-refractivity contribution in [2.24, 2.45) is 11.7 Å². The first-order valence-corrected chi connectivity index (χ1v) is 6.72. The van der Waals surface area contributed by atoms with E-state index in [1.165, 1.54) is 12.1 Å². The third-order valence-corrected chi connectivity index (χ3v) is 3.88. The van der Waals surface area contributed by atoms with E-state index in [1.807, 2.05) is 6.07 Å². The second-order valence-corrected chi connectivity index (χ2v) is 5.28. The second kappa shape index (κ2) is 5.88. The first kappa shape index (κ1) is 14.3. The number of piperidine rings is 1. The lowest BCUT2D eigenvalue weighted by Crippen LogP contribution is -2.46. The molecular weight excluding hydrogens is 256 g/mol. The fourth-order valence-electron chi connectivity index (χ4n) is 2.76. The van der Waals surface area contributed by atoms with Crippen molar-refractivity contribution in [3.63, 3.8) is 0 Å². The maximum atomic E-state index is 11.0. The molecule has 2 N–H and O–H groups in total. The topological polar surface area (TPSA) is 96.2 Å². The van der Waals surface area contributed by atoms with Crippen molar-refractivity contribution < 1.29 is 4.92 Å². The molecule has 2 rings (SSSR count). The smallest absolute Gasteiger partial charge is 0.289 e. The maximum Gasteiger partial charge on any atom is 0.289 e. The zero-order valence-corrected chi connectivity index (χ0v) is 11.5. The molecule has 1 aromatic carbocycles. The number of benzene rings is 1. The number of nitro groups is 1. The largest absolute Gasteiger partial charge is 0.367 e. The number of hydrogen-bond acceptors (Lipinski definition) is 5. The third kappa shape index (κ3) is 2.73. The fraction of sp³-hybridized carbons (Fsp3) is 0.500. The molecule has 2 unspecified atom stereocenters. The number of anilines is 1. The third-order valence-electron chi connectivity index (χ3n) is 3.88. The van der Waals surface area contributed by atoms with E-state index in [2.05, 4.69) is 11.8 Å². The molecule has 0 saturated carbocycles. The lowest BCUT2D eigenvalue weighted by atomic mass is 9.92. The SMILES string of the molecule is CC1CCN(c2ccc(C#N)c([N+](=O)[O-])c2)C(CN)C1. The van der Waals surface area contributed by atoms with Gasteiger partial charge in [0.1, 0.15) is 11.6 Å². The van der Waals surface area contributed by atoms with Crippen LogP contribution < -0.4 is 10.6 Å². The summed E-state index contributed by atoms with van der Waals surface area (Å²) in [6.07, 6.45) is 2.04. The Bertz CT molecular complexity index is 553. The molecule has 0 amide bonds. The highest BCUT2D eigenvalue weighted by Gasteiger charge is 2.27. The molecule has 6 heteroatoms. The fourth-order valence-corrected chi connectivity index (χ4v) is 2.76. The minimum absolute atomic E-state index is 0.0911. The van der Waals surface area contributed by atoms with Crippen LogP contribution in [0, 0.1) is 27.4 Å². The molecule has 6 nitrogen and oxygen atoms in total. The highest BCUT2D eigenvalue weighted by Crippen LogP contribution is 2.31. The van der Waals surface area contributed by atoms with Crippen LogP contribution >= 0.6 is 0 Å². The van der Waals surface area contributed by atoms with Crippen LogP contribution in [0.1, 0.15) is 25.3 Å². The molecule has 0 spiro atoms. The van der Waals surface area contributed by atoms with Crippen LogP contribution in [0.2, 0.25) is 0 Å². The number of hydrogen-bond donors (Lipinski definition) is 1. The summed E-state index contributed by atoms with van der Waals surface area (Å²) in [7, 11) is 0. The molecule has 20 heavy (non-hydrogen) atoms. The summed E-state index contributed by atoms with van der Waals surface area (Å²) in [4.78, 5) is 12.6. The number of nitriles is 1. The van der Waals surface area contributed by atoms with Crippen LogP contribution in [0.3, 0.4) is 0 Å². The van der Waals surface area contributed by atoms with Gasteiger partial charge < -0.3 is 10.6 Å². The first-order chi connectivity index (χ1) is 9.56. The molecule has 0 aromatic heterocycles. The molecule has 106 valence electrons. The number of nitrogens with zero attached hydrogens (tertiary/aromatic N) is 3. The summed E-state index contributed by atoms with van der Waals surface area (Å²) in [5.41, 5.74) is 6.55. The summed E-state index contributed by atoms with van der Waals surface area (Å²) in [6.45, 7) is 3.56. The van der Waals surface area contributed by atoms with E-state index in [4.69, 9.17) is 11.0 Å². The predicted molar refractivity (Wildman–Crippen MR) is 76.4 cm³/mol. The Morgan fingerprint density at radius 1 is 1.60 bits per heavy atom. The van der Waals surface area contributed by atoms with Gasteiger partial charge in [0.05, 0.1) is 4.92 Å². The zero-order valence-electron chi connectivity index (χ0n) is 11.5. The number of rotatable bonds is 3. The van der Waals surface area contributed by atoms with E-state index < -0.39 is 4.92 Å². The lowest BCUT2D eigenvalue weighted by Gasteiger charge is -2.39. The standard InChI is InChI=1S/C14H18N4O2/c1-10-4-5-17(13(6-10)9-16)12-3-2-11(8-15)14(7-12)18(19)20/h2-3,7,10,13H,4-6,9,16H2,1H3. The van der Waals surface area contributed by atoms with Crippen molar-refractivity contribution in [1.82, 2.24) is 0 Å². The van der Waals surface area contributed by atoms with E-state index in [0.29, 0.717) is 12.5 Å². The van der Waals surface area contributed by atoms with Crippen molar-refractivity contribution in [2.75, 3.05) is 18.0 Å². The van der Waals surface area contributed by atoms with E-state index in [-0.39, 0.29) is 17.3 Å². The molecule has 1 saturated heterocycles. The Morgan fingerprint density at radius 2 is 2.35 bits per heavy atom. The molecule has 0 bridgehead atoms. The average Bonchev–Trinajstić information content (AvgIpc) is 2.46. The van der Waals surface area contributed by atoms with Crippen LogP contribution in [0.15, 0.2) is 18.2 Å². The normalized spacial score (nSPS) is 22.4. The summed E-state index contributed by atoms with van der Waals surface area (Å²) < 4.78 is 0. The monoisotopic (exact) mass is 274 g/mol. The summed E-state index contributed by atoms with van der Waals surface area (Å²) in [5, 5.41) is 19.9. The van der Waals surface area contributed by atoms with Crippen molar-refractivity contribution in [2.45, 2.75) is 25.8 Å². The Kier molecular flexibility index (Phi) is 4.20. The first-order valence-electron chi connectivity index (χ1n) is 6.72. The van der Waals surface area contributed by atoms with Crippen LogP contribution in [-0.4, -0.2) is 24.1 Å². The molecule has 1 aliphatic heterocycles. The highest BCUT2D eigenvalue weighted by molar-refractivity contribution is 5.61. The Balaban J connectivity index is 2.35. The van der Waals surface area contributed by atoms with E-state index >= 15 is 0 Å². The second-order valence-electron chi connectivity index (χ2n) is 5.28. The van der Waals surface area contributed by atoms with Gasteiger partial charge in [-0.3, -0.25) is 10.1 Å². The summed E-state index contributed by atoms with van der Waals surface area (Å²) >= 11 is 0. The van der Waals surface area contributed by atoms with E-state index in [1.54, 1.807) is 6.07 Å². The highest BCUT2D eigenvalue weighted by atomic mass is 16.6. The minimum Gasteiger partial charge on any atom is -0.367 e. The van der Waals surface area contributed by atoms with Gasteiger partial charge in [0.2, 0.25) is 0 Å². The molecule has 0 aliphatic carbocycles. The van der Waals surface area contributed by atoms with Gasteiger partial charge in [0.15, 0.2) is 0 Å². The van der Waals surface area contributed by atoms with Gasteiger partial charge in [-0.05, 0) is 30.9 Å². The molecule has 1 fully saturated rings. The maximum absolute atomic E-state index is 11.0. The summed E-state index contributed by atoms with van der Waals surface area (Å²) in [5.74, 6) is 0.619. The van der Waals surface area contributed by atoms with Gasteiger partial charge in [-0.25, -0.2) is 0 Å². The summed E-state index contributed by atoms with van der Waals surface area (Å²) in [6, 6.07) is 6.82. The van der Waals surface area contributed by atoms with Gasteiger partial charge >= 0.3 is 0 Å². The van der Waals surface area contributed by atoms with Crippen LogP contribution in [0.25, 0.3) is 0 Å². The number of nitro benzene ring substituents is 1. The molecule has 2 atom stereocenters. The van der Waals surface area contributed by atoms with Crippen LogP contribution in [-0.2, 0) is 0 Å². The van der Waals surface area contributed by atoms with Gasteiger partial charge in [0, 0.05) is 30.9 Å². The number of nitrogens with two attached hydrogens (primary N) is 1. The van der Waals surface area contributed by atoms with Gasteiger partial charge in [0.25, 0.3) is 5.69 Å². The van der Waals surface area contributed by atoms with Crippen LogP contribution in [0.5, 0.6) is 0 Å². The average molecular weight is 274 g/mol. The van der Waals surface area contributed by atoms with Crippen molar-refractivity contribution in [3.8, 4) is 6.07 Å². The van der Waals surface area contributed by atoms with E-state index in [0.717, 1.165) is 25.1 Å². The van der Waals surface area contributed by atoms with E-state index in [9.17, 15) is 10.1 Å².